The molecule has 1 aliphatic rings. The van der Waals surface area contributed by atoms with Crippen molar-refractivity contribution in [1.29, 1.82) is 0 Å². The smallest absolute Gasteiger partial charge is 0.271 e. The van der Waals surface area contributed by atoms with E-state index in [4.69, 9.17) is 5.73 Å². The van der Waals surface area contributed by atoms with Gasteiger partial charge in [-0.05, 0) is 77.7 Å². The van der Waals surface area contributed by atoms with Crippen molar-refractivity contribution in [3.8, 4) is 0 Å². The number of aromatic nitrogens is 2. The lowest BCUT2D eigenvalue weighted by molar-refractivity contribution is -0.135. The summed E-state index contributed by atoms with van der Waals surface area (Å²) >= 11 is 0. The minimum absolute atomic E-state index is 0.102. The van der Waals surface area contributed by atoms with Crippen LogP contribution in [0.25, 0.3) is 0 Å². The van der Waals surface area contributed by atoms with Crippen LogP contribution in [0.15, 0.2) is 35.9 Å². The first-order chi connectivity index (χ1) is 18.0. The fraction of sp³-hybridized carbons (Fsp3) is 0.464. The molecule has 3 amide bonds. The van der Waals surface area contributed by atoms with E-state index in [-0.39, 0.29) is 17.5 Å². The minimum atomic E-state index is -0.847. The molecule has 0 bridgehead atoms. The van der Waals surface area contributed by atoms with E-state index in [1.165, 1.54) is 0 Å². The van der Waals surface area contributed by atoms with E-state index in [2.05, 4.69) is 25.9 Å². The molecule has 1 aliphatic carbocycles. The number of carbonyl (C=O) groups is 3. The Morgan fingerprint density at radius 3 is 2.53 bits per heavy atom. The highest BCUT2D eigenvalue weighted by Gasteiger charge is 2.45. The lowest BCUT2D eigenvalue weighted by Gasteiger charge is -2.41. The van der Waals surface area contributed by atoms with E-state index >= 15 is 0 Å². The highest BCUT2D eigenvalue weighted by molar-refractivity contribution is 5.99. The molecular weight excluding hydrogens is 482 g/mol. The molecule has 2 aromatic rings. The summed E-state index contributed by atoms with van der Waals surface area (Å²) in [7, 11) is 3.87. The van der Waals surface area contributed by atoms with Gasteiger partial charge in [-0.2, -0.15) is 0 Å². The summed E-state index contributed by atoms with van der Waals surface area (Å²) in [4.78, 5) is 48.5. The molecule has 1 fully saturated rings. The first kappa shape index (κ1) is 28.8. The van der Waals surface area contributed by atoms with Gasteiger partial charge in [-0.3, -0.25) is 14.4 Å². The first-order valence-corrected chi connectivity index (χ1v) is 13.0. The number of benzene rings is 1. The summed E-state index contributed by atoms with van der Waals surface area (Å²) in [5.74, 6) is -0.690. The Hall–Kier alpha value is -3.79. The Labute approximate surface area is 224 Å². The van der Waals surface area contributed by atoms with E-state index in [0.29, 0.717) is 50.2 Å². The van der Waals surface area contributed by atoms with Crippen molar-refractivity contribution in [1.82, 2.24) is 25.5 Å². The van der Waals surface area contributed by atoms with Gasteiger partial charge in [0.25, 0.3) is 5.91 Å². The minimum Gasteiger partial charge on any atom is -0.364 e. The summed E-state index contributed by atoms with van der Waals surface area (Å²) in [6.45, 7) is 6.64. The molecule has 5 N–H and O–H groups in total. The van der Waals surface area contributed by atoms with Crippen LogP contribution in [0.3, 0.4) is 0 Å². The number of likely N-dealkylation sites (N-methyl/N-ethyl adjacent to an activating group) is 1. The van der Waals surface area contributed by atoms with Crippen molar-refractivity contribution < 1.29 is 14.4 Å². The summed E-state index contributed by atoms with van der Waals surface area (Å²) < 4.78 is 0. The molecule has 1 heterocycles. The molecule has 3 rings (SSSR count). The van der Waals surface area contributed by atoms with Crippen LogP contribution >= 0.6 is 0 Å². The Kier molecular flexibility index (Phi) is 9.57. The van der Waals surface area contributed by atoms with Crippen LogP contribution in [-0.2, 0) is 22.4 Å². The van der Waals surface area contributed by atoms with Gasteiger partial charge in [-0.15, -0.1) is 0 Å². The third kappa shape index (κ3) is 7.16. The summed E-state index contributed by atoms with van der Waals surface area (Å²) in [6, 6.07) is 7.65. The van der Waals surface area contributed by atoms with Crippen LogP contribution in [0.1, 0.15) is 60.5 Å². The van der Waals surface area contributed by atoms with Gasteiger partial charge in [0.05, 0.1) is 11.4 Å². The number of nitrogens with two attached hydrogens (primary N) is 1. The number of anilines is 2. The van der Waals surface area contributed by atoms with Crippen LogP contribution in [-0.4, -0.2) is 65.3 Å². The zero-order chi connectivity index (χ0) is 27.9. The summed E-state index contributed by atoms with van der Waals surface area (Å²) in [5.41, 5.74) is 8.58. The third-order valence-corrected chi connectivity index (χ3v) is 6.74. The molecule has 0 unspecified atom stereocenters. The highest BCUT2D eigenvalue weighted by Crippen LogP contribution is 2.32. The molecule has 0 saturated heterocycles. The van der Waals surface area contributed by atoms with Crippen LogP contribution in [0.2, 0.25) is 0 Å². The lowest BCUT2D eigenvalue weighted by Crippen LogP contribution is -2.63. The molecule has 0 atom stereocenters. The summed E-state index contributed by atoms with van der Waals surface area (Å²) in [6.07, 6.45) is 5.26. The molecule has 1 saturated carbocycles. The van der Waals surface area contributed by atoms with E-state index < -0.39 is 11.4 Å². The Balaban J connectivity index is 1.61. The molecule has 0 aliphatic heterocycles. The molecule has 0 spiro atoms. The zero-order valence-electron chi connectivity index (χ0n) is 23.0. The number of aryl methyl sites for hydroxylation is 2. The lowest BCUT2D eigenvalue weighted by atomic mass is 9.75. The van der Waals surface area contributed by atoms with Crippen LogP contribution in [0.4, 0.5) is 11.5 Å². The second-order valence-corrected chi connectivity index (χ2v) is 10.0. The standard InChI is InChI=1S/C28H39N7O3/c1-6-22-19(3)31-25(23(33-22)24(29)36)32-21-10-7-9-20(17-21)11-15-30-27(38)28(13-8-14-28)34-26(37)18(2)12-16-35(4)5/h7,9-10,12,17H,6,8,11,13-16H2,1-5H3,(H2,29,36)(H,30,38)(H,31,32)(H,34,37)/b18-12+. The molecule has 10 nitrogen and oxygen atoms in total. The molecule has 204 valence electrons. The predicted octanol–water partition coefficient (Wildman–Crippen LogP) is 2.40. The maximum absolute atomic E-state index is 13.0. The molecular formula is C28H39N7O3. The average Bonchev–Trinajstić information content (AvgIpc) is 2.84. The summed E-state index contributed by atoms with van der Waals surface area (Å²) in [5, 5.41) is 9.12. The van der Waals surface area contributed by atoms with Crippen molar-refractivity contribution in [2.75, 3.05) is 32.5 Å². The number of rotatable bonds is 12. The number of carbonyl (C=O) groups excluding carboxylic acids is 3. The largest absolute Gasteiger partial charge is 0.364 e. The van der Waals surface area contributed by atoms with E-state index in [0.717, 1.165) is 29.1 Å². The van der Waals surface area contributed by atoms with Gasteiger partial charge in [0.15, 0.2) is 11.5 Å². The molecule has 0 radical (unpaired) electrons. The number of hydrogen-bond acceptors (Lipinski definition) is 7. The van der Waals surface area contributed by atoms with E-state index in [1.807, 2.05) is 63.2 Å². The molecule has 10 heteroatoms. The Bertz CT molecular complexity index is 1220. The monoisotopic (exact) mass is 521 g/mol. The second kappa shape index (κ2) is 12.6. The molecule has 1 aromatic heterocycles. The first-order valence-electron chi connectivity index (χ1n) is 13.0. The van der Waals surface area contributed by atoms with Gasteiger partial charge in [-0.1, -0.05) is 25.1 Å². The highest BCUT2D eigenvalue weighted by atomic mass is 16.2. The SMILES string of the molecule is CCc1nc(C(N)=O)c(Nc2cccc(CCNC(=O)C3(NC(=O)/C(C)=C/CN(C)C)CCC3)c2)nc1C. The van der Waals surface area contributed by atoms with Crippen molar-refractivity contribution in [2.45, 2.75) is 58.4 Å². The third-order valence-electron chi connectivity index (χ3n) is 6.74. The van der Waals surface area contributed by atoms with Gasteiger partial charge in [0, 0.05) is 24.4 Å². The normalized spacial score (nSPS) is 14.5. The Morgan fingerprint density at radius 2 is 1.92 bits per heavy atom. The van der Waals surface area contributed by atoms with Gasteiger partial charge in [-0.25, -0.2) is 9.97 Å². The van der Waals surface area contributed by atoms with Crippen molar-refractivity contribution >= 4 is 29.2 Å². The maximum Gasteiger partial charge on any atom is 0.271 e. The zero-order valence-corrected chi connectivity index (χ0v) is 23.0. The fourth-order valence-corrected chi connectivity index (χ4v) is 4.25. The maximum atomic E-state index is 13.0. The number of primary amides is 1. The fourth-order valence-electron chi connectivity index (χ4n) is 4.25. The number of hydrogen-bond donors (Lipinski definition) is 4. The van der Waals surface area contributed by atoms with E-state index in [1.54, 1.807) is 6.92 Å². The average molecular weight is 522 g/mol. The number of nitrogens with zero attached hydrogens (tertiary/aromatic N) is 3. The van der Waals surface area contributed by atoms with Gasteiger partial charge >= 0.3 is 0 Å². The quantitative estimate of drug-likeness (QED) is 0.314. The second-order valence-electron chi connectivity index (χ2n) is 10.0. The van der Waals surface area contributed by atoms with Crippen LogP contribution in [0.5, 0.6) is 0 Å². The van der Waals surface area contributed by atoms with Gasteiger partial charge < -0.3 is 26.6 Å². The topological polar surface area (TPSA) is 142 Å². The van der Waals surface area contributed by atoms with Crippen molar-refractivity contribution in [3.05, 3.63) is 58.6 Å². The van der Waals surface area contributed by atoms with Gasteiger partial charge in [0.2, 0.25) is 11.8 Å². The van der Waals surface area contributed by atoms with Gasteiger partial charge in [0.1, 0.15) is 5.54 Å². The van der Waals surface area contributed by atoms with Crippen molar-refractivity contribution in [3.63, 3.8) is 0 Å². The number of nitrogens with one attached hydrogen (secondary N) is 3. The van der Waals surface area contributed by atoms with Crippen LogP contribution < -0.4 is 21.7 Å². The number of amides is 3. The molecule has 1 aromatic carbocycles. The van der Waals surface area contributed by atoms with Crippen molar-refractivity contribution in [2.24, 2.45) is 5.73 Å². The molecule has 38 heavy (non-hydrogen) atoms. The predicted molar refractivity (Wildman–Crippen MR) is 148 cm³/mol. The Morgan fingerprint density at radius 1 is 1.18 bits per heavy atom. The van der Waals surface area contributed by atoms with Crippen LogP contribution in [0, 0.1) is 6.92 Å². The van der Waals surface area contributed by atoms with E-state index in [9.17, 15) is 14.4 Å².